The summed E-state index contributed by atoms with van der Waals surface area (Å²) in [6.45, 7) is 3.39. The second-order valence-electron chi connectivity index (χ2n) is 2.91. The molecule has 0 N–H and O–H groups in total. The van der Waals surface area contributed by atoms with Gasteiger partial charge in [-0.2, -0.15) is 4.39 Å². The Bertz CT molecular complexity index is 354. The molecule has 0 amide bonds. The zero-order valence-electron chi connectivity index (χ0n) is 7.73. The lowest BCUT2D eigenvalue weighted by molar-refractivity contribution is -0.385. The summed E-state index contributed by atoms with van der Waals surface area (Å²) < 4.78 is 17.9. The van der Waals surface area contributed by atoms with Crippen molar-refractivity contribution in [2.45, 2.75) is 20.0 Å². The second kappa shape index (κ2) is 3.99. The van der Waals surface area contributed by atoms with Crippen LogP contribution in [0.4, 0.5) is 10.1 Å². The van der Waals surface area contributed by atoms with Gasteiger partial charge < -0.3 is 4.74 Å². The van der Waals surface area contributed by atoms with Crippen LogP contribution in [0.1, 0.15) is 13.8 Å². The molecule has 14 heavy (non-hydrogen) atoms. The van der Waals surface area contributed by atoms with E-state index in [0.29, 0.717) is 0 Å². The maximum atomic E-state index is 12.9. The third-order valence-corrected chi connectivity index (χ3v) is 1.37. The van der Waals surface area contributed by atoms with Gasteiger partial charge in [0, 0.05) is 0 Å². The topological polar surface area (TPSA) is 65.3 Å². The number of hydrogen-bond donors (Lipinski definition) is 0. The highest BCUT2D eigenvalue weighted by atomic mass is 19.1. The predicted molar refractivity (Wildman–Crippen MR) is 46.6 cm³/mol. The van der Waals surface area contributed by atoms with Gasteiger partial charge in [0.05, 0.1) is 17.1 Å². The first-order chi connectivity index (χ1) is 6.50. The second-order valence-corrected chi connectivity index (χ2v) is 2.91. The molecule has 0 aliphatic carbocycles. The van der Waals surface area contributed by atoms with Gasteiger partial charge in [-0.15, -0.1) is 0 Å². The number of halogens is 1. The van der Waals surface area contributed by atoms with Gasteiger partial charge in [-0.25, -0.2) is 4.98 Å². The molecule has 0 aromatic carbocycles. The molecular weight excluding hydrogens is 191 g/mol. The fraction of sp³-hybridized carbons (Fsp3) is 0.375. The lowest BCUT2D eigenvalue weighted by atomic mass is 10.4. The van der Waals surface area contributed by atoms with E-state index in [-0.39, 0.29) is 17.5 Å². The molecule has 6 heteroatoms. The molecule has 0 saturated carbocycles. The van der Waals surface area contributed by atoms with Crippen LogP contribution in [0.2, 0.25) is 0 Å². The van der Waals surface area contributed by atoms with Crippen molar-refractivity contribution >= 4 is 5.69 Å². The van der Waals surface area contributed by atoms with Crippen LogP contribution in [0.3, 0.4) is 0 Å². The number of hydrogen-bond acceptors (Lipinski definition) is 4. The van der Waals surface area contributed by atoms with Crippen LogP contribution in [0.25, 0.3) is 0 Å². The van der Waals surface area contributed by atoms with Gasteiger partial charge in [0.1, 0.15) is 6.20 Å². The van der Waals surface area contributed by atoms with Crippen LogP contribution >= 0.6 is 0 Å². The van der Waals surface area contributed by atoms with E-state index < -0.39 is 10.9 Å². The third kappa shape index (κ3) is 2.38. The zero-order valence-corrected chi connectivity index (χ0v) is 7.73. The molecule has 1 heterocycles. The van der Waals surface area contributed by atoms with E-state index in [1.807, 2.05) is 0 Å². The van der Waals surface area contributed by atoms with Crippen molar-refractivity contribution in [1.29, 1.82) is 0 Å². The van der Waals surface area contributed by atoms with Gasteiger partial charge in [-0.1, -0.05) is 0 Å². The molecule has 0 saturated heterocycles. The van der Waals surface area contributed by atoms with Crippen molar-refractivity contribution in [2.75, 3.05) is 0 Å². The number of nitrogens with zero attached hydrogens (tertiary/aromatic N) is 2. The van der Waals surface area contributed by atoms with Gasteiger partial charge in [-0.3, -0.25) is 10.1 Å². The summed E-state index contributed by atoms with van der Waals surface area (Å²) >= 11 is 0. The maximum absolute atomic E-state index is 12.9. The standard InChI is InChI=1S/C8H9FN2O3/c1-5(2)14-7-3-6(11(12)13)4-10-8(7)9/h3-5H,1-2H3. The third-order valence-electron chi connectivity index (χ3n) is 1.37. The smallest absolute Gasteiger partial charge is 0.291 e. The highest BCUT2D eigenvalue weighted by Crippen LogP contribution is 2.21. The average molecular weight is 200 g/mol. The number of ether oxygens (including phenoxy) is 1. The van der Waals surface area contributed by atoms with E-state index in [1.165, 1.54) is 0 Å². The summed E-state index contributed by atoms with van der Waals surface area (Å²) in [6.07, 6.45) is 0.594. The minimum atomic E-state index is -0.843. The van der Waals surface area contributed by atoms with Gasteiger partial charge in [-0.05, 0) is 13.8 Å². The molecule has 1 aromatic heterocycles. The van der Waals surface area contributed by atoms with Crippen LogP contribution in [-0.2, 0) is 0 Å². The van der Waals surface area contributed by atoms with E-state index in [0.717, 1.165) is 12.3 Å². The van der Waals surface area contributed by atoms with Crippen molar-refractivity contribution in [1.82, 2.24) is 4.98 Å². The van der Waals surface area contributed by atoms with Crippen LogP contribution in [0.5, 0.6) is 5.75 Å². The first-order valence-corrected chi connectivity index (χ1v) is 3.97. The average Bonchev–Trinajstić information content (AvgIpc) is 2.07. The van der Waals surface area contributed by atoms with Crippen LogP contribution < -0.4 is 4.74 Å². The quantitative estimate of drug-likeness (QED) is 0.424. The van der Waals surface area contributed by atoms with E-state index in [9.17, 15) is 14.5 Å². The van der Waals surface area contributed by atoms with Crippen LogP contribution in [0, 0.1) is 16.1 Å². The van der Waals surface area contributed by atoms with Gasteiger partial charge >= 0.3 is 0 Å². The molecule has 0 fully saturated rings. The Balaban J connectivity index is 3.02. The number of aromatic nitrogens is 1. The highest BCUT2D eigenvalue weighted by Gasteiger charge is 2.13. The maximum Gasteiger partial charge on any atom is 0.291 e. The SMILES string of the molecule is CC(C)Oc1cc([N+](=O)[O-])cnc1F. The van der Waals surface area contributed by atoms with Crippen LogP contribution in [0.15, 0.2) is 12.3 Å². The van der Waals surface area contributed by atoms with E-state index in [1.54, 1.807) is 13.8 Å². The lowest BCUT2D eigenvalue weighted by Crippen LogP contribution is -2.08. The minimum absolute atomic E-state index is 0.200. The van der Waals surface area contributed by atoms with Gasteiger partial charge in [0.2, 0.25) is 0 Å². The molecule has 0 aliphatic rings. The fourth-order valence-corrected chi connectivity index (χ4v) is 0.854. The van der Waals surface area contributed by atoms with E-state index in [4.69, 9.17) is 4.74 Å². The molecule has 1 aromatic rings. The Kier molecular flexibility index (Phi) is 2.95. The Morgan fingerprint density at radius 3 is 2.79 bits per heavy atom. The normalized spacial score (nSPS) is 10.3. The number of pyridine rings is 1. The Hall–Kier alpha value is -1.72. The molecular formula is C8H9FN2O3. The first-order valence-electron chi connectivity index (χ1n) is 3.97. The molecule has 5 nitrogen and oxygen atoms in total. The molecule has 0 bridgehead atoms. The monoisotopic (exact) mass is 200 g/mol. The van der Waals surface area contributed by atoms with Crippen molar-refractivity contribution < 1.29 is 14.1 Å². The van der Waals surface area contributed by atoms with Crippen molar-refractivity contribution in [2.24, 2.45) is 0 Å². The molecule has 0 radical (unpaired) electrons. The molecule has 1 rings (SSSR count). The molecule has 0 aliphatic heterocycles. The summed E-state index contributed by atoms with van der Waals surface area (Å²) in [6, 6.07) is 1.02. The Morgan fingerprint density at radius 1 is 1.64 bits per heavy atom. The summed E-state index contributed by atoms with van der Waals surface area (Å²) in [7, 11) is 0. The number of nitro groups is 1. The summed E-state index contributed by atoms with van der Waals surface area (Å²) in [5, 5.41) is 10.3. The summed E-state index contributed by atoms with van der Waals surface area (Å²) in [5.41, 5.74) is -0.290. The van der Waals surface area contributed by atoms with Crippen LogP contribution in [-0.4, -0.2) is 16.0 Å². The fourth-order valence-electron chi connectivity index (χ4n) is 0.854. The van der Waals surface area contributed by atoms with Crippen molar-refractivity contribution in [3.63, 3.8) is 0 Å². The largest absolute Gasteiger partial charge is 0.486 e. The minimum Gasteiger partial charge on any atom is -0.486 e. The number of rotatable bonds is 3. The Morgan fingerprint density at radius 2 is 2.29 bits per heavy atom. The van der Waals surface area contributed by atoms with Crippen molar-refractivity contribution in [3.05, 3.63) is 28.3 Å². The molecule has 0 unspecified atom stereocenters. The highest BCUT2D eigenvalue weighted by molar-refractivity contribution is 5.34. The van der Waals surface area contributed by atoms with Gasteiger partial charge in [0.15, 0.2) is 5.75 Å². The molecule has 76 valence electrons. The summed E-state index contributed by atoms with van der Waals surface area (Å²) in [4.78, 5) is 12.9. The van der Waals surface area contributed by atoms with E-state index >= 15 is 0 Å². The van der Waals surface area contributed by atoms with E-state index in [2.05, 4.69) is 4.98 Å². The predicted octanol–water partition coefficient (Wildman–Crippen LogP) is 1.92. The Labute approximate surface area is 79.7 Å². The first kappa shape index (κ1) is 10.4. The molecule has 0 spiro atoms. The lowest BCUT2D eigenvalue weighted by Gasteiger charge is -2.08. The van der Waals surface area contributed by atoms with Crippen molar-refractivity contribution in [3.8, 4) is 5.75 Å². The van der Waals surface area contributed by atoms with Gasteiger partial charge in [0.25, 0.3) is 11.6 Å². The zero-order chi connectivity index (χ0) is 10.7. The molecule has 0 atom stereocenters. The summed E-state index contributed by atoms with van der Waals surface area (Å²) in [5.74, 6) is -1.04.